The number of carbonyl (C=O) groups is 9. The van der Waals surface area contributed by atoms with Gasteiger partial charge >= 0.3 is 53.7 Å². The fraction of sp³-hybridized carbons (Fsp3) is 0.833. The normalized spacial score (nSPS) is 29.2. The van der Waals surface area contributed by atoms with Crippen molar-refractivity contribution in [3.05, 3.63) is 0 Å². The fourth-order valence-corrected chi connectivity index (χ4v) is 7.22. The van der Waals surface area contributed by atoms with E-state index in [0.717, 1.165) is 20.8 Å². The van der Waals surface area contributed by atoms with Crippen LogP contribution in [0.2, 0.25) is 0 Å². The van der Waals surface area contributed by atoms with E-state index in [1.54, 1.807) is 41.5 Å². The van der Waals surface area contributed by atoms with Gasteiger partial charge in [-0.05, 0) is 125 Å². The van der Waals surface area contributed by atoms with Crippen molar-refractivity contribution in [3.8, 4) is 0 Å². The molecule has 3 saturated heterocycles. The standard InChI is InChI=1S/C54H86O24/c1-26(55)65-23-31-29(68-27(2)56)22-30(69-28(3)57)41(71-31)74-37-35(75-45(61)51(10,11)12)33(25-67-44(60)50(7,8)9)72-42(39(37)78-48(64)54(19,20)21)73-34-32(24-66-43(59)49(4,5)6)70-40(58)38(77-47(63)53(16,17)18)36(34)76-46(62)52(13,14)15/h29-42,58H,22-25H2,1-21H3/t29-,30-,31-,32-,33-,34-,35+,36+,37+,38-,39-,40-,41-,42+/m1/s1. The van der Waals surface area contributed by atoms with Gasteiger partial charge in [0.25, 0.3) is 0 Å². The lowest BCUT2D eigenvalue weighted by Crippen LogP contribution is -2.68. The summed E-state index contributed by atoms with van der Waals surface area (Å²) in [5, 5.41) is 11.7. The molecule has 0 aromatic rings. The van der Waals surface area contributed by atoms with Crippen LogP contribution in [0.3, 0.4) is 0 Å². The second-order valence-electron chi connectivity index (χ2n) is 25.9. The number of aliphatic hydroxyl groups is 1. The van der Waals surface area contributed by atoms with E-state index in [2.05, 4.69) is 0 Å². The molecule has 446 valence electrons. The van der Waals surface area contributed by atoms with Crippen LogP contribution in [0.1, 0.15) is 152 Å². The zero-order valence-corrected chi connectivity index (χ0v) is 49.2. The quantitative estimate of drug-likeness (QED) is 0.161. The number of ether oxygens (including phenoxy) is 14. The molecule has 0 aliphatic carbocycles. The molecule has 3 heterocycles. The summed E-state index contributed by atoms with van der Waals surface area (Å²) in [5.74, 6) is -7.49. The van der Waals surface area contributed by atoms with Crippen molar-refractivity contribution in [2.75, 3.05) is 19.8 Å². The Balaban J connectivity index is 2.54. The van der Waals surface area contributed by atoms with Crippen LogP contribution >= 0.6 is 0 Å². The highest BCUT2D eigenvalue weighted by atomic mass is 16.8. The Bertz CT molecular complexity index is 2150. The van der Waals surface area contributed by atoms with E-state index in [1.807, 2.05) is 0 Å². The molecule has 24 heteroatoms. The van der Waals surface area contributed by atoms with Crippen molar-refractivity contribution >= 4 is 53.7 Å². The minimum Gasteiger partial charge on any atom is -0.463 e. The summed E-state index contributed by atoms with van der Waals surface area (Å²) < 4.78 is 85.3. The summed E-state index contributed by atoms with van der Waals surface area (Å²) in [4.78, 5) is 121. The van der Waals surface area contributed by atoms with E-state index in [4.69, 9.17) is 66.3 Å². The monoisotopic (exact) mass is 1120 g/mol. The van der Waals surface area contributed by atoms with Gasteiger partial charge in [-0.3, -0.25) is 43.2 Å². The Hall–Kier alpha value is -5.01. The van der Waals surface area contributed by atoms with Gasteiger partial charge in [-0.1, -0.05) is 0 Å². The van der Waals surface area contributed by atoms with Crippen LogP contribution in [0.25, 0.3) is 0 Å². The Kier molecular flexibility index (Phi) is 22.5. The molecule has 14 atom stereocenters. The number of rotatable bonds is 16. The maximum absolute atomic E-state index is 14.4. The van der Waals surface area contributed by atoms with E-state index < -0.39 is 192 Å². The molecule has 0 aromatic carbocycles. The first-order valence-electron chi connectivity index (χ1n) is 25.9. The predicted molar refractivity (Wildman–Crippen MR) is 268 cm³/mol. The molecule has 78 heavy (non-hydrogen) atoms. The lowest BCUT2D eigenvalue weighted by molar-refractivity contribution is -0.376. The first kappa shape index (κ1) is 67.3. The van der Waals surface area contributed by atoms with Crippen LogP contribution in [0.15, 0.2) is 0 Å². The molecule has 0 saturated carbocycles. The zero-order chi connectivity index (χ0) is 60.0. The number of aliphatic hydroxyl groups excluding tert-OH is 1. The van der Waals surface area contributed by atoms with Crippen molar-refractivity contribution in [1.82, 2.24) is 0 Å². The summed E-state index contributed by atoms with van der Waals surface area (Å²) in [6.07, 6.45) is -24.8. The average molecular weight is 1120 g/mol. The third-order valence-electron chi connectivity index (χ3n) is 11.8. The fourth-order valence-electron chi connectivity index (χ4n) is 7.22. The third-order valence-corrected chi connectivity index (χ3v) is 11.8. The largest absolute Gasteiger partial charge is 0.463 e. The Morgan fingerprint density at radius 3 is 1.12 bits per heavy atom. The van der Waals surface area contributed by atoms with E-state index >= 15 is 0 Å². The van der Waals surface area contributed by atoms with E-state index in [1.165, 1.54) is 83.1 Å². The Morgan fingerprint density at radius 2 is 0.705 bits per heavy atom. The van der Waals surface area contributed by atoms with Gasteiger partial charge in [0.2, 0.25) is 0 Å². The van der Waals surface area contributed by atoms with Crippen LogP contribution in [-0.2, 0) is 109 Å². The van der Waals surface area contributed by atoms with Gasteiger partial charge in [-0.25, -0.2) is 0 Å². The highest BCUT2D eigenvalue weighted by Crippen LogP contribution is 2.40. The molecule has 0 aromatic heterocycles. The molecule has 0 amide bonds. The second kappa shape index (κ2) is 26.1. The van der Waals surface area contributed by atoms with Crippen molar-refractivity contribution in [3.63, 3.8) is 0 Å². The van der Waals surface area contributed by atoms with Crippen LogP contribution in [0, 0.1) is 32.5 Å². The molecule has 3 aliphatic heterocycles. The minimum atomic E-state index is -2.08. The first-order valence-corrected chi connectivity index (χ1v) is 25.9. The molecular weight excluding hydrogens is 1030 g/mol. The van der Waals surface area contributed by atoms with Gasteiger partial charge in [0, 0.05) is 27.2 Å². The summed E-state index contributed by atoms with van der Waals surface area (Å²) in [5.41, 5.74) is -7.29. The van der Waals surface area contributed by atoms with Crippen molar-refractivity contribution in [2.45, 2.75) is 238 Å². The van der Waals surface area contributed by atoms with Crippen LogP contribution < -0.4 is 0 Å². The third kappa shape index (κ3) is 19.4. The summed E-state index contributed by atoms with van der Waals surface area (Å²) >= 11 is 0. The summed E-state index contributed by atoms with van der Waals surface area (Å²) in [7, 11) is 0. The number of hydrogen-bond donors (Lipinski definition) is 1. The average Bonchev–Trinajstić information content (AvgIpc) is 3.26. The lowest BCUT2D eigenvalue weighted by atomic mass is 9.92. The van der Waals surface area contributed by atoms with Gasteiger partial charge in [-0.2, -0.15) is 0 Å². The van der Waals surface area contributed by atoms with Gasteiger partial charge in [0.1, 0.15) is 56.4 Å². The summed E-state index contributed by atoms with van der Waals surface area (Å²) in [6.45, 7) is 29.1. The van der Waals surface area contributed by atoms with Crippen LogP contribution in [0.4, 0.5) is 0 Å². The van der Waals surface area contributed by atoms with Crippen LogP contribution in [-0.4, -0.2) is 165 Å². The molecule has 0 radical (unpaired) electrons. The highest BCUT2D eigenvalue weighted by molar-refractivity contribution is 5.78. The van der Waals surface area contributed by atoms with Gasteiger partial charge in [-0.15, -0.1) is 0 Å². The number of hydrogen-bond acceptors (Lipinski definition) is 24. The SMILES string of the molecule is CC(=O)OC[C@H]1O[C@H](O[C@H]2[C@@H](OC(=O)C(C)(C)C)[C@@H](COC(=O)C(C)(C)C)O[C@@H](O[C@H]3[C@H](OC(=O)C(C)(C)C)[C@@H](OC(=O)C(C)(C)C)[C@H](O)O[C@@H]3COC(=O)C(C)(C)C)[C@@H]2OC(=O)C(C)(C)C)[C@H](OC(C)=O)C[C@H]1OC(C)=O. The Labute approximate surface area is 457 Å². The predicted octanol–water partition coefficient (Wildman–Crippen LogP) is 4.75. The maximum atomic E-state index is 14.4. The van der Waals surface area contributed by atoms with Gasteiger partial charge < -0.3 is 71.4 Å². The minimum absolute atomic E-state index is 0.337. The molecular formula is C54H86O24. The summed E-state index contributed by atoms with van der Waals surface area (Å²) in [6, 6.07) is 0. The maximum Gasteiger partial charge on any atom is 0.311 e. The van der Waals surface area contributed by atoms with E-state index in [-0.39, 0.29) is 6.42 Å². The second-order valence-corrected chi connectivity index (χ2v) is 25.9. The molecule has 3 rings (SSSR count). The topological polar surface area (TPSA) is 303 Å². The number of carbonyl (C=O) groups excluding carboxylic acids is 9. The molecule has 3 aliphatic rings. The van der Waals surface area contributed by atoms with E-state index in [0.29, 0.717) is 0 Å². The zero-order valence-electron chi connectivity index (χ0n) is 49.2. The molecule has 0 spiro atoms. The molecule has 1 N–H and O–H groups in total. The Morgan fingerprint density at radius 1 is 0.359 bits per heavy atom. The molecule has 0 unspecified atom stereocenters. The van der Waals surface area contributed by atoms with Crippen molar-refractivity contribution < 1.29 is 115 Å². The van der Waals surface area contributed by atoms with Crippen molar-refractivity contribution in [1.29, 1.82) is 0 Å². The van der Waals surface area contributed by atoms with Crippen molar-refractivity contribution in [2.24, 2.45) is 32.5 Å². The first-order chi connectivity index (χ1) is 35.3. The smallest absolute Gasteiger partial charge is 0.311 e. The van der Waals surface area contributed by atoms with E-state index in [9.17, 15) is 48.3 Å². The highest BCUT2D eigenvalue weighted by Gasteiger charge is 2.60. The molecule has 24 nitrogen and oxygen atoms in total. The molecule has 0 bridgehead atoms. The lowest BCUT2D eigenvalue weighted by Gasteiger charge is -2.50. The van der Waals surface area contributed by atoms with Gasteiger partial charge in [0.05, 0.1) is 32.5 Å². The number of esters is 9. The molecule has 3 fully saturated rings. The van der Waals surface area contributed by atoms with Crippen LogP contribution in [0.5, 0.6) is 0 Å². The van der Waals surface area contributed by atoms with Gasteiger partial charge in [0.15, 0.2) is 49.4 Å².